The van der Waals surface area contributed by atoms with E-state index in [1.165, 1.54) is 18.1 Å². The van der Waals surface area contributed by atoms with E-state index in [1.54, 1.807) is 12.1 Å². The summed E-state index contributed by atoms with van der Waals surface area (Å²) in [7, 11) is -4.67. The van der Waals surface area contributed by atoms with Gasteiger partial charge in [-0.25, -0.2) is 4.79 Å². The van der Waals surface area contributed by atoms with E-state index >= 15 is 0 Å². The molecular formula is C12H19FeO10S2-. The zero-order chi connectivity index (χ0) is 19.8. The summed E-state index contributed by atoms with van der Waals surface area (Å²) in [6.07, 6.45) is 0.520. The molecule has 148 valence electrons. The summed E-state index contributed by atoms with van der Waals surface area (Å²) >= 11 is -0.250. The Labute approximate surface area is 160 Å². The molecule has 0 saturated heterocycles. The topological polar surface area (TPSA) is 179 Å². The van der Waals surface area contributed by atoms with E-state index in [0.29, 0.717) is 6.29 Å². The van der Waals surface area contributed by atoms with E-state index in [-0.39, 0.29) is 40.5 Å². The molecule has 0 unspecified atom stereocenters. The Hall–Kier alpha value is -1.02. The quantitative estimate of drug-likeness (QED) is 0.0863. The molecule has 1 aromatic rings. The van der Waals surface area contributed by atoms with E-state index < -0.39 is 16.4 Å². The molecule has 5 N–H and O–H groups in total. The molecular weight excluding hydrogens is 424 g/mol. The van der Waals surface area contributed by atoms with Crippen LogP contribution in [-0.4, -0.2) is 44.1 Å². The van der Waals surface area contributed by atoms with Crippen LogP contribution in [0.1, 0.15) is 41.5 Å². The van der Waals surface area contributed by atoms with Gasteiger partial charge in [0.1, 0.15) is 0 Å². The van der Waals surface area contributed by atoms with E-state index in [1.807, 2.05) is 0 Å². The number of aldehydes is 1. The summed E-state index contributed by atoms with van der Waals surface area (Å²) in [5.41, 5.74) is 0.242. The van der Waals surface area contributed by atoms with Gasteiger partial charge in [0.2, 0.25) is 0 Å². The number of hydrogen-bond acceptors (Lipinski definition) is 9. The van der Waals surface area contributed by atoms with Gasteiger partial charge in [0, 0.05) is 22.6 Å². The summed E-state index contributed by atoms with van der Waals surface area (Å²) in [6, 6.07) is 6.03. The minimum absolute atomic E-state index is 0. The van der Waals surface area contributed by atoms with E-state index in [9.17, 15) is 9.59 Å². The third kappa shape index (κ3) is 31.3. The van der Waals surface area contributed by atoms with Crippen LogP contribution in [0.4, 0.5) is 0 Å². The average molecular weight is 443 g/mol. The second kappa shape index (κ2) is 19.3. The van der Waals surface area contributed by atoms with Gasteiger partial charge >= 0.3 is 16.4 Å². The zero-order valence-electron chi connectivity index (χ0n) is 13.3. The minimum Gasteiger partial charge on any atom is -0.323 e. The summed E-state index contributed by atoms with van der Waals surface area (Å²) in [5.74, 6) is 0.484. The fourth-order valence-corrected chi connectivity index (χ4v) is 0.835. The summed E-state index contributed by atoms with van der Waals surface area (Å²) in [6.45, 7) is 6.25. The third-order valence-corrected chi connectivity index (χ3v) is 1.39. The van der Waals surface area contributed by atoms with Gasteiger partial charge in [-0.2, -0.15) is 34.4 Å². The first-order valence-electron chi connectivity index (χ1n) is 5.76. The Kier molecular flexibility index (Phi) is 24.5. The van der Waals surface area contributed by atoms with Crippen molar-refractivity contribution in [3.05, 3.63) is 41.3 Å². The Balaban J connectivity index is -0.000000142. The number of benzene rings is 1. The molecule has 0 aliphatic rings. The first-order valence-corrected chi connectivity index (χ1v) is 7.88. The molecule has 0 spiro atoms. The maximum atomic E-state index is 10.8. The molecule has 0 saturated carbocycles. The van der Waals surface area contributed by atoms with Crippen molar-refractivity contribution < 1.29 is 63.4 Å². The van der Waals surface area contributed by atoms with Gasteiger partial charge in [0.15, 0.2) is 18.6 Å². The van der Waals surface area contributed by atoms with Gasteiger partial charge in [-0.15, -0.1) is 0 Å². The summed E-state index contributed by atoms with van der Waals surface area (Å²) in [4.78, 5) is 24.6. The predicted molar refractivity (Wildman–Crippen MR) is 87.2 cm³/mol. The second-order valence-corrected chi connectivity index (χ2v) is 5.17. The molecule has 25 heavy (non-hydrogen) atoms. The number of carbonyl (C=O) groups excluding carboxylic acids is 2. The smallest absolute Gasteiger partial charge is 0.323 e. The summed E-state index contributed by atoms with van der Waals surface area (Å²) < 4.78 is 45.7. The maximum absolute atomic E-state index is 10.8. The van der Waals surface area contributed by atoms with Crippen molar-refractivity contribution in [3.63, 3.8) is 0 Å². The van der Waals surface area contributed by atoms with Crippen molar-refractivity contribution in [1.82, 2.24) is 0 Å². The Morgan fingerprint density at radius 3 is 1.76 bits per heavy atom. The first kappa shape index (κ1) is 31.7. The molecule has 10 nitrogen and oxygen atoms in total. The standard InChI is InChI=1S/C8H6O4.C4H9.Fe.H2O4S.H2O2S/c9-5-6-3-1-2-4-7(6)8(10)12-11;1-4(2)3;;1-5(2,3)4;1-3-2/h1-5,11H;1-3H3;;(H2,1,2,3,4);1-2H/q;-1;;;. The van der Waals surface area contributed by atoms with Crippen LogP contribution in [0.25, 0.3) is 0 Å². The Morgan fingerprint density at radius 2 is 1.48 bits per heavy atom. The zero-order valence-corrected chi connectivity index (χ0v) is 16.1. The predicted octanol–water partition coefficient (Wildman–Crippen LogP) is 2.76. The fourth-order valence-electron chi connectivity index (χ4n) is 0.835. The van der Waals surface area contributed by atoms with Gasteiger partial charge in [-0.05, 0) is 6.07 Å². The molecule has 0 heterocycles. The van der Waals surface area contributed by atoms with Gasteiger partial charge in [0.05, 0.1) is 5.56 Å². The largest absolute Gasteiger partial charge is 0.394 e. The van der Waals surface area contributed by atoms with Crippen LogP contribution in [-0.2, 0) is 32.4 Å². The van der Waals surface area contributed by atoms with Crippen LogP contribution in [0.5, 0.6) is 0 Å². The molecule has 0 fully saturated rings. The van der Waals surface area contributed by atoms with Crippen LogP contribution >= 0.6 is 12.3 Å². The third-order valence-electron chi connectivity index (χ3n) is 1.39. The normalized spacial score (nSPS) is 8.84. The van der Waals surface area contributed by atoms with Crippen LogP contribution in [0.3, 0.4) is 0 Å². The van der Waals surface area contributed by atoms with Gasteiger partial charge in [0.25, 0.3) is 0 Å². The molecule has 0 aliphatic heterocycles. The summed E-state index contributed by atoms with van der Waals surface area (Å²) in [5, 5.41) is 8.04. The molecule has 0 amide bonds. The van der Waals surface area contributed by atoms with E-state index in [2.05, 4.69) is 25.7 Å². The van der Waals surface area contributed by atoms with E-state index in [4.69, 9.17) is 31.9 Å². The van der Waals surface area contributed by atoms with Crippen LogP contribution in [0, 0.1) is 5.92 Å². The van der Waals surface area contributed by atoms with Gasteiger partial charge in [-0.3, -0.25) is 18.8 Å². The van der Waals surface area contributed by atoms with Crippen LogP contribution in [0.15, 0.2) is 24.3 Å². The average Bonchev–Trinajstić information content (AvgIpc) is 2.45. The number of rotatable bonds is 2. The molecule has 0 atom stereocenters. The number of hydrogen-bond donors (Lipinski definition) is 5. The van der Waals surface area contributed by atoms with Crippen molar-refractivity contribution in [2.75, 3.05) is 0 Å². The maximum Gasteiger partial charge on any atom is 0.394 e. The van der Waals surface area contributed by atoms with Crippen molar-refractivity contribution >= 4 is 35.0 Å². The Bertz CT molecular complexity index is 552. The van der Waals surface area contributed by atoms with Gasteiger partial charge < -0.3 is 15.0 Å². The number of carbonyl (C=O) groups is 2. The Morgan fingerprint density at radius 1 is 1.16 bits per heavy atom. The van der Waals surface area contributed by atoms with Gasteiger partial charge in [-0.1, -0.05) is 18.2 Å². The monoisotopic (exact) mass is 443 g/mol. The minimum atomic E-state index is -4.67. The fraction of sp³-hybridized carbons (Fsp3) is 0.250. The molecule has 0 radical (unpaired) electrons. The van der Waals surface area contributed by atoms with Crippen molar-refractivity contribution in [2.45, 2.75) is 20.8 Å². The van der Waals surface area contributed by atoms with Crippen molar-refractivity contribution in [1.29, 1.82) is 0 Å². The SMILES string of the molecule is C[C-](C)C.O=Cc1ccccc1C(=O)OO.O=S(=O)(O)O.OSO.[Fe]. The molecule has 1 rings (SSSR count). The van der Waals surface area contributed by atoms with E-state index in [0.717, 1.165) is 0 Å². The second-order valence-electron chi connectivity index (χ2n) is 4.11. The molecule has 0 aliphatic carbocycles. The molecule has 13 heteroatoms. The van der Waals surface area contributed by atoms with Crippen molar-refractivity contribution in [3.8, 4) is 0 Å². The molecule has 0 aromatic heterocycles. The first-order chi connectivity index (χ1) is 10.9. The van der Waals surface area contributed by atoms with Crippen molar-refractivity contribution in [2.24, 2.45) is 0 Å². The van der Waals surface area contributed by atoms with Crippen LogP contribution < -0.4 is 0 Å². The molecule has 0 bridgehead atoms. The van der Waals surface area contributed by atoms with Crippen LogP contribution in [0.2, 0.25) is 0 Å². The molecule has 1 aromatic carbocycles.